The van der Waals surface area contributed by atoms with E-state index in [-0.39, 0.29) is 11.2 Å². The van der Waals surface area contributed by atoms with E-state index < -0.39 is 0 Å². The van der Waals surface area contributed by atoms with Gasteiger partial charge in [0.15, 0.2) is 0 Å². The second-order valence-corrected chi connectivity index (χ2v) is 8.82. The summed E-state index contributed by atoms with van der Waals surface area (Å²) >= 11 is 0. The number of halogens is 1. The molecule has 0 atom stereocenters. The lowest BCUT2D eigenvalue weighted by Gasteiger charge is -2.37. The van der Waals surface area contributed by atoms with Gasteiger partial charge in [-0.05, 0) is 30.3 Å². The zero-order chi connectivity index (χ0) is 22.4. The molecule has 0 radical (unpaired) electrons. The second kappa shape index (κ2) is 7.64. The van der Waals surface area contributed by atoms with Gasteiger partial charge < -0.3 is 9.15 Å². The minimum Gasteiger partial charge on any atom is -0.438 e. The van der Waals surface area contributed by atoms with Crippen molar-refractivity contribution < 1.29 is 13.5 Å². The van der Waals surface area contributed by atoms with Crippen molar-refractivity contribution in [2.45, 2.75) is 13.5 Å². The quantitative estimate of drug-likeness (QED) is 0.356. The molecule has 0 saturated carbocycles. The van der Waals surface area contributed by atoms with E-state index in [9.17, 15) is 4.39 Å². The van der Waals surface area contributed by atoms with Crippen LogP contribution >= 0.6 is 0 Å². The lowest BCUT2D eigenvalue weighted by molar-refractivity contribution is -0.111. The van der Waals surface area contributed by atoms with Crippen LogP contribution in [0.2, 0.25) is 0 Å². The standard InChI is InChI=1S/C26H21FN4O2/c1-26(14-32-15-26)13-31-12-21(23(30-31)18-7-9-19(27)10-8-18)24-20-11-22(17-5-3-2-4-6-17)33-25(20)29-16-28-24/h2-12,16H,13-15H2,1H3. The smallest absolute Gasteiger partial charge is 0.230 e. The van der Waals surface area contributed by atoms with E-state index in [0.29, 0.717) is 18.9 Å². The Morgan fingerprint density at radius 1 is 0.970 bits per heavy atom. The molecule has 1 aliphatic rings. The van der Waals surface area contributed by atoms with Crippen LogP contribution in [0.1, 0.15) is 6.92 Å². The average Bonchev–Trinajstić information content (AvgIpc) is 3.43. The minimum absolute atomic E-state index is 0.0421. The largest absolute Gasteiger partial charge is 0.438 e. The number of aromatic nitrogens is 4. The molecule has 0 unspecified atom stereocenters. The first-order valence-corrected chi connectivity index (χ1v) is 10.8. The molecule has 33 heavy (non-hydrogen) atoms. The highest BCUT2D eigenvalue weighted by Crippen LogP contribution is 2.37. The van der Waals surface area contributed by atoms with Gasteiger partial charge in [0.1, 0.15) is 23.6 Å². The molecule has 1 fully saturated rings. The highest BCUT2D eigenvalue weighted by Gasteiger charge is 2.34. The van der Waals surface area contributed by atoms with Crippen molar-refractivity contribution in [1.82, 2.24) is 19.7 Å². The van der Waals surface area contributed by atoms with Gasteiger partial charge in [-0.1, -0.05) is 37.3 Å². The molecule has 1 saturated heterocycles. The molecule has 6 nitrogen and oxygen atoms in total. The van der Waals surface area contributed by atoms with Crippen LogP contribution in [-0.2, 0) is 11.3 Å². The summed E-state index contributed by atoms with van der Waals surface area (Å²) < 4.78 is 27.0. The lowest BCUT2D eigenvalue weighted by Crippen LogP contribution is -2.43. The highest BCUT2D eigenvalue weighted by molar-refractivity contribution is 5.95. The number of hydrogen-bond acceptors (Lipinski definition) is 5. The molecule has 4 heterocycles. The molecule has 164 valence electrons. The second-order valence-electron chi connectivity index (χ2n) is 8.82. The number of rotatable bonds is 5. The average molecular weight is 440 g/mol. The van der Waals surface area contributed by atoms with Crippen molar-refractivity contribution in [1.29, 1.82) is 0 Å². The fraction of sp³-hybridized carbons (Fsp3) is 0.192. The molecule has 3 aromatic heterocycles. The van der Waals surface area contributed by atoms with Gasteiger partial charge in [-0.15, -0.1) is 0 Å². The van der Waals surface area contributed by atoms with E-state index in [1.807, 2.05) is 47.3 Å². The number of ether oxygens (including phenoxy) is 1. The van der Waals surface area contributed by atoms with Crippen LogP contribution in [-0.4, -0.2) is 33.0 Å². The van der Waals surface area contributed by atoms with Crippen molar-refractivity contribution >= 4 is 11.1 Å². The van der Waals surface area contributed by atoms with E-state index in [2.05, 4.69) is 16.9 Å². The third-order valence-corrected chi connectivity index (χ3v) is 5.97. The van der Waals surface area contributed by atoms with Crippen LogP contribution < -0.4 is 0 Å². The van der Waals surface area contributed by atoms with Gasteiger partial charge in [0, 0.05) is 28.3 Å². The molecule has 2 aromatic carbocycles. The Morgan fingerprint density at radius 2 is 1.76 bits per heavy atom. The summed E-state index contributed by atoms with van der Waals surface area (Å²) in [6.07, 6.45) is 3.50. The van der Waals surface area contributed by atoms with Crippen molar-refractivity contribution in [2.24, 2.45) is 5.41 Å². The number of benzene rings is 2. The maximum atomic E-state index is 13.6. The Morgan fingerprint density at radius 3 is 2.48 bits per heavy atom. The summed E-state index contributed by atoms with van der Waals surface area (Å²) in [6, 6.07) is 18.2. The number of fused-ring (bicyclic) bond motifs is 1. The summed E-state index contributed by atoms with van der Waals surface area (Å²) in [5.41, 5.74) is 4.65. The van der Waals surface area contributed by atoms with Crippen molar-refractivity contribution in [3.63, 3.8) is 0 Å². The van der Waals surface area contributed by atoms with Gasteiger partial charge in [-0.2, -0.15) is 5.10 Å². The monoisotopic (exact) mass is 440 g/mol. The molecule has 5 aromatic rings. The van der Waals surface area contributed by atoms with Crippen LogP contribution in [0.3, 0.4) is 0 Å². The zero-order valence-electron chi connectivity index (χ0n) is 18.0. The predicted molar refractivity (Wildman–Crippen MR) is 123 cm³/mol. The van der Waals surface area contributed by atoms with Gasteiger partial charge >= 0.3 is 0 Å². The molecule has 0 amide bonds. The minimum atomic E-state index is -0.286. The van der Waals surface area contributed by atoms with E-state index in [4.69, 9.17) is 14.3 Å². The van der Waals surface area contributed by atoms with Crippen LogP contribution in [0, 0.1) is 11.2 Å². The molecule has 6 rings (SSSR count). The van der Waals surface area contributed by atoms with Crippen LogP contribution in [0.4, 0.5) is 4.39 Å². The first-order valence-electron chi connectivity index (χ1n) is 10.8. The summed E-state index contributed by atoms with van der Waals surface area (Å²) in [4.78, 5) is 8.95. The number of hydrogen-bond donors (Lipinski definition) is 0. The first kappa shape index (κ1) is 19.8. The van der Waals surface area contributed by atoms with E-state index >= 15 is 0 Å². The zero-order valence-corrected chi connectivity index (χ0v) is 18.0. The maximum absolute atomic E-state index is 13.6. The van der Waals surface area contributed by atoms with Gasteiger partial charge in [0.25, 0.3) is 0 Å². The van der Waals surface area contributed by atoms with Crippen molar-refractivity contribution in [3.8, 4) is 33.8 Å². The third kappa shape index (κ3) is 3.60. The van der Waals surface area contributed by atoms with Crippen molar-refractivity contribution in [2.75, 3.05) is 13.2 Å². The SMILES string of the molecule is CC1(Cn2cc(-c3ncnc4oc(-c5ccccc5)cc34)c(-c3ccc(F)cc3)n2)COC1. The number of furan rings is 1. The summed E-state index contributed by atoms with van der Waals surface area (Å²) in [5, 5.41) is 5.68. The fourth-order valence-corrected chi connectivity index (χ4v) is 4.24. The van der Waals surface area contributed by atoms with Crippen LogP contribution in [0.25, 0.3) is 44.9 Å². The predicted octanol–water partition coefficient (Wildman–Crippen LogP) is 5.60. The van der Waals surface area contributed by atoms with Gasteiger partial charge in [0.2, 0.25) is 5.71 Å². The van der Waals surface area contributed by atoms with E-state index in [1.165, 1.54) is 18.5 Å². The summed E-state index contributed by atoms with van der Waals surface area (Å²) in [6.45, 7) is 4.30. The Balaban J connectivity index is 1.51. The topological polar surface area (TPSA) is 66.0 Å². The summed E-state index contributed by atoms with van der Waals surface area (Å²) in [7, 11) is 0. The molecule has 0 bridgehead atoms. The van der Waals surface area contributed by atoms with Gasteiger partial charge in [-0.3, -0.25) is 4.68 Å². The normalized spacial score (nSPS) is 15.0. The highest BCUT2D eigenvalue weighted by atomic mass is 19.1. The third-order valence-electron chi connectivity index (χ3n) is 5.97. The van der Waals surface area contributed by atoms with Crippen LogP contribution in [0.15, 0.2) is 77.6 Å². The molecule has 0 N–H and O–H groups in total. The Labute approximate surface area is 189 Å². The Hall–Kier alpha value is -3.84. The number of nitrogens with zero attached hydrogens (tertiary/aromatic N) is 4. The first-order chi connectivity index (χ1) is 16.1. The molecule has 0 aliphatic carbocycles. The Bertz CT molecular complexity index is 1440. The molecule has 1 aliphatic heterocycles. The molecule has 0 spiro atoms. The summed E-state index contributed by atoms with van der Waals surface area (Å²) in [5.74, 6) is 0.438. The molecule has 7 heteroatoms. The van der Waals surface area contributed by atoms with Gasteiger partial charge in [0.05, 0.1) is 30.8 Å². The van der Waals surface area contributed by atoms with E-state index in [0.717, 1.165) is 45.8 Å². The molecular formula is C26H21FN4O2. The van der Waals surface area contributed by atoms with E-state index in [1.54, 1.807) is 12.1 Å². The van der Waals surface area contributed by atoms with Crippen molar-refractivity contribution in [3.05, 3.63) is 79.0 Å². The van der Waals surface area contributed by atoms with Gasteiger partial charge in [-0.25, -0.2) is 14.4 Å². The maximum Gasteiger partial charge on any atom is 0.230 e. The van der Waals surface area contributed by atoms with Crippen LogP contribution in [0.5, 0.6) is 0 Å². The fourth-order valence-electron chi connectivity index (χ4n) is 4.24. The molecular weight excluding hydrogens is 419 g/mol. The lowest BCUT2D eigenvalue weighted by atomic mass is 9.89. The Kier molecular flexibility index (Phi) is 4.58.